The fourth-order valence-electron chi connectivity index (χ4n) is 4.76. The lowest BCUT2D eigenvalue weighted by molar-refractivity contribution is 0.541. The van der Waals surface area contributed by atoms with Crippen molar-refractivity contribution in [2.45, 2.75) is 38.5 Å². The maximum atomic E-state index is 2.50. The number of rotatable bonds is 3. The van der Waals surface area contributed by atoms with E-state index in [-0.39, 0.29) is 0 Å². The molecule has 0 heteroatoms. The van der Waals surface area contributed by atoms with Crippen LogP contribution in [0.15, 0.2) is 66.2 Å². The van der Waals surface area contributed by atoms with Crippen LogP contribution in [-0.4, -0.2) is 0 Å². The van der Waals surface area contributed by atoms with Crippen molar-refractivity contribution in [2.24, 2.45) is 5.92 Å². The van der Waals surface area contributed by atoms with E-state index in [1.807, 2.05) is 0 Å². The molecule has 0 bridgehead atoms. The Bertz CT molecular complexity index is 955. The van der Waals surface area contributed by atoms with Gasteiger partial charge in [-0.15, -0.1) is 0 Å². The van der Waals surface area contributed by atoms with Crippen LogP contribution < -0.4 is 0 Å². The second kappa shape index (κ2) is 6.19. The molecule has 0 saturated heterocycles. The molecule has 3 aromatic carbocycles. The van der Waals surface area contributed by atoms with Gasteiger partial charge in [-0.1, -0.05) is 91.9 Å². The summed E-state index contributed by atoms with van der Waals surface area (Å²) in [5.74, 6) is 0.935. The molecule has 0 heterocycles. The summed E-state index contributed by atoms with van der Waals surface area (Å²) in [5, 5.41) is 2.64. The molecule has 5 rings (SSSR count). The van der Waals surface area contributed by atoms with Gasteiger partial charge in [-0.3, -0.25) is 0 Å². The Morgan fingerprint density at radius 2 is 1.64 bits per heavy atom. The highest BCUT2D eigenvalue weighted by atomic mass is 14.3. The summed E-state index contributed by atoms with van der Waals surface area (Å²) >= 11 is 0. The molecule has 0 N–H and O–H groups in total. The van der Waals surface area contributed by atoms with Gasteiger partial charge in [0.1, 0.15) is 0 Å². The number of fused-ring (bicyclic) bond motifs is 2. The first-order valence-electron chi connectivity index (χ1n) is 9.67. The van der Waals surface area contributed by atoms with E-state index in [1.165, 1.54) is 65.1 Å². The minimum atomic E-state index is 0.935. The topological polar surface area (TPSA) is 0 Å². The van der Waals surface area contributed by atoms with Crippen molar-refractivity contribution in [1.82, 2.24) is 0 Å². The summed E-state index contributed by atoms with van der Waals surface area (Å²) < 4.78 is 0. The van der Waals surface area contributed by atoms with Gasteiger partial charge < -0.3 is 0 Å². The van der Waals surface area contributed by atoms with Crippen molar-refractivity contribution >= 4 is 16.8 Å². The maximum absolute atomic E-state index is 2.50. The van der Waals surface area contributed by atoms with Crippen molar-refractivity contribution in [1.29, 1.82) is 0 Å². The smallest absolute Gasteiger partial charge is 0.00575 e. The van der Waals surface area contributed by atoms with Gasteiger partial charge in [0.2, 0.25) is 0 Å². The van der Waals surface area contributed by atoms with Crippen LogP contribution in [0.25, 0.3) is 28.0 Å². The summed E-state index contributed by atoms with van der Waals surface area (Å²) in [5.41, 5.74) is 7.36. The molecule has 0 amide bonds. The van der Waals surface area contributed by atoms with E-state index in [2.05, 4.69) is 66.7 Å². The van der Waals surface area contributed by atoms with Gasteiger partial charge in [-0.2, -0.15) is 0 Å². The summed E-state index contributed by atoms with van der Waals surface area (Å²) in [6.07, 6.45) is 10.7. The Morgan fingerprint density at radius 3 is 2.52 bits per heavy atom. The summed E-state index contributed by atoms with van der Waals surface area (Å²) in [6, 6.07) is 22.3. The van der Waals surface area contributed by atoms with Crippen molar-refractivity contribution in [3.8, 4) is 11.1 Å². The molecule has 2 aliphatic carbocycles. The van der Waals surface area contributed by atoms with Gasteiger partial charge in [0, 0.05) is 0 Å². The first kappa shape index (κ1) is 15.0. The lowest BCUT2D eigenvalue weighted by Crippen LogP contribution is -1.95. The Kier molecular flexibility index (Phi) is 3.70. The highest BCUT2D eigenvalue weighted by Crippen LogP contribution is 2.39. The zero-order valence-electron chi connectivity index (χ0n) is 14.7. The van der Waals surface area contributed by atoms with Gasteiger partial charge in [-0.05, 0) is 57.9 Å². The molecular formula is C25H24. The van der Waals surface area contributed by atoms with Gasteiger partial charge in [0.15, 0.2) is 0 Å². The largest absolute Gasteiger partial charge is 0.0649 e. The second-order valence-electron chi connectivity index (χ2n) is 7.77. The maximum Gasteiger partial charge on any atom is -0.00575 e. The van der Waals surface area contributed by atoms with E-state index in [4.69, 9.17) is 0 Å². The third-order valence-corrected chi connectivity index (χ3v) is 6.05. The Hall–Kier alpha value is -2.34. The molecule has 124 valence electrons. The third kappa shape index (κ3) is 2.80. The minimum Gasteiger partial charge on any atom is -0.0649 e. The molecule has 1 fully saturated rings. The SMILES string of the molecule is C1=C(CC2CCCC2)Cc2cccc(-c3ccc4ccccc4c3)c21. The molecular weight excluding hydrogens is 300 g/mol. The van der Waals surface area contributed by atoms with Gasteiger partial charge in [0.05, 0.1) is 0 Å². The standard InChI is InChI=1S/C25H24/c1-2-7-18(6-1)14-19-15-22-10-5-11-24(25(22)16-19)23-13-12-20-8-3-4-9-21(20)17-23/h3-5,8-13,16-18H,1-2,6-7,14-15H2. The fourth-order valence-corrected chi connectivity index (χ4v) is 4.76. The zero-order chi connectivity index (χ0) is 16.6. The van der Waals surface area contributed by atoms with Crippen LogP contribution in [0.2, 0.25) is 0 Å². The molecule has 1 saturated carbocycles. The highest BCUT2D eigenvalue weighted by Gasteiger charge is 2.21. The average molecular weight is 324 g/mol. The predicted molar refractivity (Wildman–Crippen MR) is 108 cm³/mol. The van der Waals surface area contributed by atoms with Crippen LogP contribution in [0.5, 0.6) is 0 Å². The van der Waals surface area contributed by atoms with Gasteiger partial charge >= 0.3 is 0 Å². The van der Waals surface area contributed by atoms with Crippen LogP contribution in [0.1, 0.15) is 43.2 Å². The van der Waals surface area contributed by atoms with Crippen molar-refractivity contribution in [3.63, 3.8) is 0 Å². The van der Waals surface area contributed by atoms with E-state index in [0.717, 1.165) is 12.3 Å². The van der Waals surface area contributed by atoms with Crippen LogP contribution >= 0.6 is 0 Å². The molecule has 0 nitrogen and oxygen atoms in total. The normalized spacial score (nSPS) is 17.0. The lowest BCUT2D eigenvalue weighted by atomic mass is 9.95. The Morgan fingerprint density at radius 1 is 0.800 bits per heavy atom. The number of hydrogen-bond acceptors (Lipinski definition) is 0. The molecule has 0 unspecified atom stereocenters. The van der Waals surface area contributed by atoms with Crippen molar-refractivity contribution < 1.29 is 0 Å². The van der Waals surface area contributed by atoms with Crippen LogP contribution in [0.4, 0.5) is 0 Å². The number of hydrogen-bond donors (Lipinski definition) is 0. The molecule has 0 radical (unpaired) electrons. The van der Waals surface area contributed by atoms with Crippen LogP contribution in [-0.2, 0) is 6.42 Å². The van der Waals surface area contributed by atoms with Crippen molar-refractivity contribution in [3.05, 3.63) is 77.4 Å². The van der Waals surface area contributed by atoms with Gasteiger partial charge in [0.25, 0.3) is 0 Å². The first-order valence-corrected chi connectivity index (χ1v) is 9.67. The summed E-state index contributed by atoms with van der Waals surface area (Å²) in [7, 11) is 0. The van der Waals surface area contributed by atoms with E-state index >= 15 is 0 Å². The van der Waals surface area contributed by atoms with E-state index in [9.17, 15) is 0 Å². The van der Waals surface area contributed by atoms with E-state index in [1.54, 1.807) is 5.57 Å². The number of benzene rings is 3. The third-order valence-electron chi connectivity index (χ3n) is 6.05. The monoisotopic (exact) mass is 324 g/mol. The van der Waals surface area contributed by atoms with E-state index < -0.39 is 0 Å². The Labute approximate surface area is 150 Å². The molecule has 0 spiro atoms. The molecule has 25 heavy (non-hydrogen) atoms. The molecule has 0 atom stereocenters. The highest BCUT2D eigenvalue weighted by molar-refractivity contribution is 5.90. The minimum absolute atomic E-state index is 0.935. The summed E-state index contributed by atoms with van der Waals surface area (Å²) in [6.45, 7) is 0. The predicted octanol–water partition coefficient (Wildman–Crippen LogP) is 7.03. The lowest BCUT2D eigenvalue weighted by Gasteiger charge is -2.09. The van der Waals surface area contributed by atoms with Crippen LogP contribution in [0.3, 0.4) is 0 Å². The molecule has 0 aliphatic heterocycles. The zero-order valence-corrected chi connectivity index (χ0v) is 14.7. The Balaban J connectivity index is 1.52. The van der Waals surface area contributed by atoms with Crippen LogP contribution in [0, 0.1) is 5.92 Å². The molecule has 0 aromatic heterocycles. The quantitative estimate of drug-likeness (QED) is 0.485. The summed E-state index contributed by atoms with van der Waals surface area (Å²) in [4.78, 5) is 0. The molecule has 3 aromatic rings. The van der Waals surface area contributed by atoms with Crippen molar-refractivity contribution in [2.75, 3.05) is 0 Å². The number of allylic oxidation sites excluding steroid dienone is 1. The van der Waals surface area contributed by atoms with E-state index in [0.29, 0.717) is 0 Å². The molecule has 2 aliphatic rings. The second-order valence-corrected chi connectivity index (χ2v) is 7.77. The fraction of sp³-hybridized carbons (Fsp3) is 0.280. The average Bonchev–Trinajstić information content (AvgIpc) is 3.30. The first-order chi connectivity index (χ1) is 12.4. The van der Waals surface area contributed by atoms with Gasteiger partial charge in [-0.25, -0.2) is 0 Å².